The maximum Gasteiger partial charge on any atom is 0.231 e. The molecular weight excluding hydrogens is 356 g/mol. The summed E-state index contributed by atoms with van der Waals surface area (Å²) >= 11 is 2.67. The second kappa shape index (κ2) is 7.68. The zero-order chi connectivity index (χ0) is 17.8. The molecular formula is C17H16N4O2S2. The maximum atomic E-state index is 12.5. The lowest BCUT2D eigenvalue weighted by molar-refractivity contribution is -0.122. The second-order valence-electron chi connectivity index (χ2n) is 5.55. The lowest BCUT2D eigenvalue weighted by Crippen LogP contribution is -2.28. The number of amides is 2. The van der Waals surface area contributed by atoms with Crippen molar-refractivity contribution in [3.05, 3.63) is 29.8 Å². The number of terminal acetylenes is 1. The fraction of sp³-hybridized carbons (Fsp3) is 0.294. The standard InChI is InChI=1S/C17H16N4O2S2/c1-3-8-24-17-20-19-16(25-17)18-15(23)12-9-14(22)21(10-12)13-7-5-4-6-11(13)2/h1,4-7,12H,8-10H2,2H3,(H,18,19,23)/t12-/m1/s1. The Hall–Kier alpha value is -2.37. The van der Waals surface area contributed by atoms with E-state index in [1.807, 2.05) is 31.2 Å². The SMILES string of the molecule is C#CCSc1nnc(NC(=O)[C@@H]2CC(=O)N(c3ccccc3C)C2)s1. The molecule has 0 bridgehead atoms. The molecule has 2 heterocycles. The lowest BCUT2D eigenvalue weighted by Gasteiger charge is -2.18. The number of hydrogen-bond acceptors (Lipinski definition) is 6. The molecule has 0 aliphatic carbocycles. The Labute approximate surface area is 154 Å². The van der Waals surface area contributed by atoms with Crippen LogP contribution in [0, 0.1) is 25.2 Å². The zero-order valence-electron chi connectivity index (χ0n) is 13.6. The zero-order valence-corrected chi connectivity index (χ0v) is 15.2. The Morgan fingerprint density at radius 2 is 2.28 bits per heavy atom. The molecule has 2 aromatic rings. The third kappa shape index (κ3) is 4.00. The van der Waals surface area contributed by atoms with Crippen molar-refractivity contribution in [3.8, 4) is 12.3 Å². The third-order valence-electron chi connectivity index (χ3n) is 3.82. The van der Waals surface area contributed by atoms with Gasteiger partial charge in [0.2, 0.25) is 16.9 Å². The highest BCUT2D eigenvalue weighted by Crippen LogP contribution is 2.29. The smallest absolute Gasteiger partial charge is 0.231 e. The van der Waals surface area contributed by atoms with E-state index in [0.29, 0.717) is 21.8 Å². The Kier molecular flexibility index (Phi) is 5.36. The molecule has 3 rings (SSSR count). The van der Waals surface area contributed by atoms with Gasteiger partial charge < -0.3 is 10.2 Å². The molecule has 1 aromatic carbocycles. The average molecular weight is 372 g/mol. The molecule has 0 spiro atoms. The van der Waals surface area contributed by atoms with Crippen LogP contribution < -0.4 is 10.2 Å². The van der Waals surface area contributed by atoms with Crippen LogP contribution >= 0.6 is 23.1 Å². The van der Waals surface area contributed by atoms with Gasteiger partial charge in [0, 0.05) is 18.7 Å². The predicted molar refractivity (Wildman–Crippen MR) is 99.7 cm³/mol. The first-order chi connectivity index (χ1) is 12.1. The molecule has 8 heteroatoms. The molecule has 1 N–H and O–H groups in total. The van der Waals surface area contributed by atoms with E-state index < -0.39 is 5.92 Å². The summed E-state index contributed by atoms with van der Waals surface area (Å²) in [5.74, 6) is 2.35. The first-order valence-electron chi connectivity index (χ1n) is 7.65. The highest BCUT2D eigenvalue weighted by Gasteiger charge is 2.35. The molecule has 6 nitrogen and oxygen atoms in total. The van der Waals surface area contributed by atoms with E-state index in [2.05, 4.69) is 21.4 Å². The number of nitrogens with one attached hydrogen (secondary N) is 1. The first-order valence-corrected chi connectivity index (χ1v) is 9.45. The number of nitrogens with zero attached hydrogens (tertiary/aromatic N) is 3. The van der Waals surface area contributed by atoms with Crippen molar-refractivity contribution in [1.29, 1.82) is 0 Å². The highest BCUT2D eigenvalue weighted by molar-refractivity contribution is 8.01. The number of benzene rings is 1. The van der Waals surface area contributed by atoms with E-state index in [9.17, 15) is 9.59 Å². The molecule has 128 valence electrons. The van der Waals surface area contributed by atoms with Crippen LogP contribution in [0.4, 0.5) is 10.8 Å². The van der Waals surface area contributed by atoms with Crippen molar-refractivity contribution < 1.29 is 9.59 Å². The van der Waals surface area contributed by atoms with Crippen molar-refractivity contribution in [1.82, 2.24) is 10.2 Å². The molecule has 1 fully saturated rings. The van der Waals surface area contributed by atoms with Gasteiger partial charge in [-0.1, -0.05) is 47.2 Å². The number of aryl methyl sites for hydroxylation is 1. The molecule has 2 amide bonds. The molecule has 1 atom stereocenters. The minimum absolute atomic E-state index is 0.0445. The van der Waals surface area contributed by atoms with Gasteiger partial charge in [0.25, 0.3) is 0 Å². The van der Waals surface area contributed by atoms with Gasteiger partial charge in [0.05, 0.1) is 11.7 Å². The van der Waals surface area contributed by atoms with E-state index >= 15 is 0 Å². The van der Waals surface area contributed by atoms with Gasteiger partial charge in [0.15, 0.2) is 4.34 Å². The van der Waals surface area contributed by atoms with Crippen molar-refractivity contribution in [3.63, 3.8) is 0 Å². The maximum absolute atomic E-state index is 12.5. The van der Waals surface area contributed by atoms with Crippen molar-refractivity contribution >= 4 is 45.7 Å². The second-order valence-corrected chi connectivity index (χ2v) is 7.75. The molecule has 1 aliphatic heterocycles. The predicted octanol–water partition coefficient (Wildman–Crippen LogP) is 2.56. The van der Waals surface area contributed by atoms with E-state index in [-0.39, 0.29) is 18.2 Å². The Morgan fingerprint density at radius 1 is 1.48 bits per heavy atom. The summed E-state index contributed by atoms with van der Waals surface area (Å²) in [5.41, 5.74) is 1.86. The molecule has 1 saturated heterocycles. The van der Waals surface area contributed by atoms with Crippen LogP contribution in [0.25, 0.3) is 0 Å². The fourth-order valence-corrected chi connectivity index (χ4v) is 4.05. The number of thioether (sulfide) groups is 1. The summed E-state index contributed by atoms with van der Waals surface area (Å²) in [4.78, 5) is 26.4. The topological polar surface area (TPSA) is 75.2 Å². The number of carbonyl (C=O) groups is 2. The molecule has 1 aromatic heterocycles. The van der Waals surface area contributed by atoms with Gasteiger partial charge >= 0.3 is 0 Å². The van der Waals surface area contributed by atoms with Crippen molar-refractivity contribution in [2.45, 2.75) is 17.7 Å². The Morgan fingerprint density at radius 3 is 3.04 bits per heavy atom. The average Bonchev–Trinajstić information content (AvgIpc) is 3.20. The van der Waals surface area contributed by atoms with E-state index in [1.54, 1.807) is 4.90 Å². The van der Waals surface area contributed by atoms with Gasteiger partial charge in [0.1, 0.15) is 0 Å². The number of para-hydroxylation sites is 1. The van der Waals surface area contributed by atoms with Crippen molar-refractivity contribution in [2.24, 2.45) is 5.92 Å². The summed E-state index contributed by atoms with van der Waals surface area (Å²) in [6.45, 7) is 2.32. The van der Waals surface area contributed by atoms with Crippen LogP contribution in [0.15, 0.2) is 28.6 Å². The summed E-state index contributed by atoms with van der Waals surface area (Å²) < 4.78 is 0.706. The van der Waals surface area contributed by atoms with Crippen molar-refractivity contribution in [2.75, 3.05) is 22.5 Å². The quantitative estimate of drug-likeness (QED) is 0.496. The number of carbonyl (C=O) groups excluding carboxylic acids is 2. The van der Waals surface area contributed by atoms with Gasteiger partial charge in [-0.2, -0.15) is 0 Å². The molecule has 1 aliphatic rings. The van der Waals surface area contributed by atoms with Crippen LogP contribution in [0.1, 0.15) is 12.0 Å². The van der Waals surface area contributed by atoms with E-state index in [1.165, 1.54) is 23.1 Å². The van der Waals surface area contributed by atoms with Crippen LogP contribution in [0.5, 0.6) is 0 Å². The van der Waals surface area contributed by atoms with Crippen LogP contribution in [0.3, 0.4) is 0 Å². The Balaban J connectivity index is 1.64. The highest BCUT2D eigenvalue weighted by atomic mass is 32.2. The van der Waals surface area contributed by atoms with Gasteiger partial charge in [-0.05, 0) is 18.6 Å². The van der Waals surface area contributed by atoms with Gasteiger partial charge in [-0.25, -0.2) is 0 Å². The summed E-state index contributed by atoms with van der Waals surface area (Å²) in [6, 6.07) is 7.66. The van der Waals surface area contributed by atoms with Crippen LogP contribution in [0.2, 0.25) is 0 Å². The van der Waals surface area contributed by atoms with Gasteiger partial charge in [-0.3, -0.25) is 9.59 Å². The monoisotopic (exact) mass is 372 g/mol. The van der Waals surface area contributed by atoms with Crippen LogP contribution in [-0.2, 0) is 9.59 Å². The van der Waals surface area contributed by atoms with E-state index in [0.717, 1.165) is 11.3 Å². The third-order valence-corrected chi connectivity index (χ3v) is 5.69. The normalized spacial score (nSPS) is 16.7. The summed E-state index contributed by atoms with van der Waals surface area (Å²) in [5, 5.41) is 11.1. The molecule has 0 unspecified atom stereocenters. The minimum atomic E-state index is -0.405. The number of aromatic nitrogens is 2. The number of hydrogen-bond donors (Lipinski definition) is 1. The summed E-state index contributed by atoms with van der Waals surface area (Å²) in [6.07, 6.45) is 5.40. The lowest BCUT2D eigenvalue weighted by atomic mass is 10.1. The largest absolute Gasteiger partial charge is 0.311 e. The molecule has 0 radical (unpaired) electrons. The first kappa shape index (κ1) is 17.5. The number of rotatable bonds is 5. The number of anilines is 2. The molecule has 25 heavy (non-hydrogen) atoms. The minimum Gasteiger partial charge on any atom is -0.311 e. The fourth-order valence-electron chi connectivity index (χ4n) is 2.61. The van der Waals surface area contributed by atoms with Crippen LogP contribution in [-0.4, -0.2) is 34.3 Å². The van der Waals surface area contributed by atoms with E-state index in [4.69, 9.17) is 6.42 Å². The summed E-state index contributed by atoms with van der Waals surface area (Å²) in [7, 11) is 0. The molecule has 0 saturated carbocycles. The van der Waals surface area contributed by atoms with Gasteiger partial charge in [-0.15, -0.1) is 16.6 Å². The Bertz CT molecular complexity index is 843.